The van der Waals surface area contributed by atoms with Gasteiger partial charge in [-0.3, -0.25) is 4.98 Å². The van der Waals surface area contributed by atoms with Gasteiger partial charge in [0.05, 0.1) is 0 Å². The SMILES string of the molecule is CCCN(CCN)CCc1ccncc1. The predicted octanol–water partition coefficient (Wildman–Crippen LogP) is 1.29. The molecule has 0 fully saturated rings. The van der Waals surface area contributed by atoms with E-state index in [0.717, 1.165) is 32.6 Å². The van der Waals surface area contributed by atoms with Crippen LogP contribution in [-0.2, 0) is 6.42 Å². The van der Waals surface area contributed by atoms with Crippen LogP contribution in [0.2, 0.25) is 0 Å². The smallest absolute Gasteiger partial charge is 0.0270 e. The minimum absolute atomic E-state index is 0.746. The Kier molecular flexibility index (Phi) is 5.97. The molecule has 3 nitrogen and oxygen atoms in total. The molecule has 0 unspecified atom stereocenters. The summed E-state index contributed by atoms with van der Waals surface area (Å²) >= 11 is 0. The topological polar surface area (TPSA) is 42.1 Å². The van der Waals surface area contributed by atoms with Gasteiger partial charge in [-0.1, -0.05) is 6.92 Å². The molecular formula is C12H21N3. The van der Waals surface area contributed by atoms with E-state index < -0.39 is 0 Å². The number of aromatic nitrogens is 1. The van der Waals surface area contributed by atoms with Crippen molar-refractivity contribution < 1.29 is 0 Å². The van der Waals surface area contributed by atoms with Crippen molar-refractivity contribution in [3.8, 4) is 0 Å². The molecule has 0 radical (unpaired) electrons. The zero-order valence-electron chi connectivity index (χ0n) is 9.52. The summed E-state index contributed by atoms with van der Waals surface area (Å²) in [6.07, 6.45) is 5.98. The van der Waals surface area contributed by atoms with Gasteiger partial charge in [0.1, 0.15) is 0 Å². The van der Waals surface area contributed by atoms with Gasteiger partial charge in [-0.15, -0.1) is 0 Å². The summed E-state index contributed by atoms with van der Waals surface area (Å²) in [6.45, 7) is 6.18. The first-order valence-corrected chi connectivity index (χ1v) is 5.68. The van der Waals surface area contributed by atoms with Gasteiger partial charge in [0, 0.05) is 32.0 Å². The molecule has 1 heterocycles. The van der Waals surface area contributed by atoms with E-state index in [1.54, 1.807) is 0 Å². The molecule has 2 N–H and O–H groups in total. The Morgan fingerprint density at radius 2 is 1.93 bits per heavy atom. The lowest BCUT2D eigenvalue weighted by Crippen LogP contribution is -2.32. The van der Waals surface area contributed by atoms with Crippen LogP contribution in [0.5, 0.6) is 0 Å². The molecular weight excluding hydrogens is 186 g/mol. The molecule has 1 rings (SSSR count). The van der Waals surface area contributed by atoms with Crippen LogP contribution in [0.15, 0.2) is 24.5 Å². The van der Waals surface area contributed by atoms with Crippen LogP contribution in [0, 0.1) is 0 Å². The summed E-state index contributed by atoms with van der Waals surface area (Å²) in [5.41, 5.74) is 6.93. The van der Waals surface area contributed by atoms with Crippen molar-refractivity contribution in [2.45, 2.75) is 19.8 Å². The van der Waals surface area contributed by atoms with Crippen LogP contribution < -0.4 is 5.73 Å². The molecule has 0 aliphatic heterocycles. The normalized spacial score (nSPS) is 10.9. The standard InChI is InChI=1S/C12H21N3/c1-2-9-15(11-6-13)10-5-12-3-7-14-8-4-12/h3-4,7-8H,2,5-6,9-11,13H2,1H3. The molecule has 0 amide bonds. The quantitative estimate of drug-likeness (QED) is 0.732. The Morgan fingerprint density at radius 1 is 1.20 bits per heavy atom. The Morgan fingerprint density at radius 3 is 2.53 bits per heavy atom. The lowest BCUT2D eigenvalue weighted by atomic mass is 10.2. The van der Waals surface area contributed by atoms with E-state index >= 15 is 0 Å². The third-order valence-corrected chi connectivity index (χ3v) is 2.45. The Bertz CT molecular complexity index is 242. The summed E-state index contributed by atoms with van der Waals surface area (Å²) in [6, 6.07) is 4.15. The maximum absolute atomic E-state index is 5.58. The van der Waals surface area contributed by atoms with E-state index in [1.807, 2.05) is 12.4 Å². The number of pyridine rings is 1. The van der Waals surface area contributed by atoms with Crippen LogP contribution >= 0.6 is 0 Å². The fourth-order valence-electron chi connectivity index (χ4n) is 1.67. The van der Waals surface area contributed by atoms with Gasteiger partial charge in [0.2, 0.25) is 0 Å². The Labute approximate surface area is 92.3 Å². The first kappa shape index (κ1) is 12.1. The molecule has 0 atom stereocenters. The van der Waals surface area contributed by atoms with Crippen LogP contribution in [0.4, 0.5) is 0 Å². The minimum atomic E-state index is 0.746. The molecule has 3 heteroatoms. The van der Waals surface area contributed by atoms with Crippen molar-refractivity contribution in [3.63, 3.8) is 0 Å². The summed E-state index contributed by atoms with van der Waals surface area (Å²) in [4.78, 5) is 6.43. The molecule has 1 aromatic rings. The monoisotopic (exact) mass is 207 g/mol. The van der Waals surface area contributed by atoms with Gasteiger partial charge in [-0.05, 0) is 37.1 Å². The first-order chi connectivity index (χ1) is 7.36. The summed E-state index contributed by atoms with van der Waals surface area (Å²) < 4.78 is 0. The molecule has 0 bridgehead atoms. The number of nitrogens with two attached hydrogens (primary N) is 1. The molecule has 0 spiro atoms. The van der Waals surface area contributed by atoms with Gasteiger partial charge in [-0.25, -0.2) is 0 Å². The Balaban J connectivity index is 2.33. The molecule has 0 saturated carbocycles. The van der Waals surface area contributed by atoms with Gasteiger partial charge in [0.25, 0.3) is 0 Å². The fourth-order valence-corrected chi connectivity index (χ4v) is 1.67. The highest BCUT2D eigenvalue weighted by Gasteiger charge is 2.02. The van der Waals surface area contributed by atoms with Crippen LogP contribution in [-0.4, -0.2) is 36.1 Å². The molecule has 15 heavy (non-hydrogen) atoms. The predicted molar refractivity (Wildman–Crippen MR) is 63.7 cm³/mol. The average molecular weight is 207 g/mol. The van der Waals surface area contributed by atoms with Crippen LogP contribution in [0.25, 0.3) is 0 Å². The van der Waals surface area contributed by atoms with Crippen molar-refractivity contribution >= 4 is 0 Å². The third kappa shape index (κ3) is 4.91. The number of nitrogens with zero attached hydrogens (tertiary/aromatic N) is 2. The lowest BCUT2D eigenvalue weighted by Gasteiger charge is -2.20. The van der Waals surface area contributed by atoms with E-state index in [4.69, 9.17) is 5.73 Å². The first-order valence-electron chi connectivity index (χ1n) is 5.68. The van der Waals surface area contributed by atoms with Crippen molar-refractivity contribution in [2.24, 2.45) is 5.73 Å². The minimum Gasteiger partial charge on any atom is -0.329 e. The summed E-state index contributed by atoms with van der Waals surface area (Å²) in [5.74, 6) is 0. The van der Waals surface area contributed by atoms with Gasteiger partial charge in [-0.2, -0.15) is 0 Å². The van der Waals surface area contributed by atoms with E-state index in [-0.39, 0.29) is 0 Å². The van der Waals surface area contributed by atoms with Crippen molar-refractivity contribution in [2.75, 3.05) is 26.2 Å². The molecule has 0 aliphatic rings. The van der Waals surface area contributed by atoms with Gasteiger partial charge >= 0.3 is 0 Å². The number of hydrogen-bond acceptors (Lipinski definition) is 3. The second-order valence-electron chi connectivity index (χ2n) is 3.74. The van der Waals surface area contributed by atoms with Gasteiger partial charge in [0.15, 0.2) is 0 Å². The highest BCUT2D eigenvalue weighted by molar-refractivity contribution is 5.09. The van der Waals surface area contributed by atoms with Crippen molar-refractivity contribution in [3.05, 3.63) is 30.1 Å². The fraction of sp³-hybridized carbons (Fsp3) is 0.583. The van der Waals surface area contributed by atoms with E-state index in [1.165, 1.54) is 12.0 Å². The molecule has 1 aromatic heterocycles. The van der Waals surface area contributed by atoms with Gasteiger partial charge < -0.3 is 10.6 Å². The molecule has 0 saturated heterocycles. The Hall–Kier alpha value is -0.930. The highest BCUT2D eigenvalue weighted by atomic mass is 15.1. The molecule has 0 aliphatic carbocycles. The largest absolute Gasteiger partial charge is 0.329 e. The van der Waals surface area contributed by atoms with E-state index in [9.17, 15) is 0 Å². The summed E-state index contributed by atoms with van der Waals surface area (Å²) in [5, 5.41) is 0. The summed E-state index contributed by atoms with van der Waals surface area (Å²) in [7, 11) is 0. The highest BCUT2D eigenvalue weighted by Crippen LogP contribution is 2.00. The van der Waals surface area contributed by atoms with Crippen molar-refractivity contribution in [1.82, 2.24) is 9.88 Å². The zero-order valence-corrected chi connectivity index (χ0v) is 9.52. The molecule has 84 valence electrons. The van der Waals surface area contributed by atoms with E-state index in [0.29, 0.717) is 0 Å². The second kappa shape index (κ2) is 7.37. The molecule has 0 aromatic carbocycles. The number of rotatable bonds is 7. The second-order valence-corrected chi connectivity index (χ2v) is 3.74. The average Bonchev–Trinajstić information content (AvgIpc) is 2.28. The maximum atomic E-state index is 5.58. The van der Waals surface area contributed by atoms with Crippen LogP contribution in [0.3, 0.4) is 0 Å². The maximum Gasteiger partial charge on any atom is 0.0270 e. The van der Waals surface area contributed by atoms with Crippen molar-refractivity contribution in [1.29, 1.82) is 0 Å². The van der Waals surface area contributed by atoms with Crippen LogP contribution in [0.1, 0.15) is 18.9 Å². The van der Waals surface area contributed by atoms with E-state index in [2.05, 4.69) is 28.9 Å². The number of hydrogen-bond donors (Lipinski definition) is 1. The lowest BCUT2D eigenvalue weighted by molar-refractivity contribution is 0.285. The zero-order chi connectivity index (χ0) is 10.9. The third-order valence-electron chi connectivity index (χ3n) is 2.45.